The summed E-state index contributed by atoms with van der Waals surface area (Å²) in [5.74, 6) is -2.13. The van der Waals surface area contributed by atoms with Gasteiger partial charge in [0, 0.05) is 19.2 Å². The van der Waals surface area contributed by atoms with Crippen LogP contribution in [0.15, 0.2) is 18.3 Å². The Morgan fingerprint density at radius 2 is 2.00 bits per heavy atom. The van der Waals surface area contributed by atoms with Gasteiger partial charge in [-0.1, -0.05) is 0 Å². The van der Waals surface area contributed by atoms with Crippen LogP contribution < -0.4 is 5.32 Å². The van der Waals surface area contributed by atoms with Crippen molar-refractivity contribution in [1.82, 2.24) is 10.3 Å². The maximum Gasteiger partial charge on any atom is 0.433 e. The van der Waals surface area contributed by atoms with Crippen LogP contribution in [-0.2, 0) is 11.0 Å². The summed E-state index contributed by atoms with van der Waals surface area (Å²) in [6, 6.07) is 1.62. The largest absolute Gasteiger partial charge is 0.479 e. The average molecular weight is 292 g/mol. The lowest BCUT2D eigenvalue weighted by Crippen LogP contribution is -2.30. The van der Waals surface area contributed by atoms with Crippen molar-refractivity contribution in [3.05, 3.63) is 29.6 Å². The second-order valence-electron chi connectivity index (χ2n) is 3.83. The topological polar surface area (TPSA) is 99.5 Å². The fraction of sp³-hybridized carbons (Fsp3) is 0.364. The van der Waals surface area contributed by atoms with Gasteiger partial charge in [-0.2, -0.15) is 13.2 Å². The van der Waals surface area contributed by atoms with Gasteiger partial charge in [-0.25, -0.2) is 4.79 Å². The average Bonchev–Trinajstić information content (AvgIpc) is 2.37. The Kier molecular flexibility index (Phi) is 5.03. The molecular weight excluding hydrogens is 281 g/mol. The summed E-state index contributed by atoms with van der Waals surface area (Å²) < 4.78 is 36.7. The van der Waals surface area contributed by atoms with E-state index in [0.717, 1.165) is 12.3 Å². The first kappa shape index (κ1) is 15.9. The molecule has 3 N–H and O–H groups in total. The van der Waals surface area contributed by atoms with Crippen molar-refractivity contribution in [3.63, 3.8) is 0 Å². The number of amides is 1. The van der Waals surface area contributed by atoms with Gasteiger partial charge in [0.2, 0.25) is 0 Å². The first-order valence-corrected chi connectivity index (χ1v) is 5.44. The zero-order valence-corrected chi connectivity index (χ0v) is 10.0. The molecule has 0 fully saturated rings. The van der Waals surface area contributed by atoms with E-state index in [-0.39, 0.29) is 18.5 Å². The minimum absolute atomic E-state index is 0.0946. The quantitative estimate of drug-likeness (QED) is 0.740. The van der Waals surface area contributed by atoms with Crippen LogP contribution in [0.2, 0.25) is 0 Å². The number of pyridine rings is 1. The molecule has 0 aliphatic heterocycles. The molecule has 9 heteroatoms. The summed E-state index contributed by atoms with van der Waals surface area (Å²) >= 11 is 0. The standard InChI is InChI=1S/C11H11F3N2O4/c12-11(13,14)8-2-1-6(5-16-8)9(18)15-4-3-7(17)10(19)20/h1-2,5,7,17H,3-4H2,(H,15,18)(H,19,20)/t7-/m0/s1. The van der Waals surface area contributed by atoms with E-state index in [9.17, 15) is 22.8 Å². The molecule has 1 amide bonds. The van der Waals surface area contributed by atoms with Crippen molar-refractivity contribution in [3.8, 4) is 0 Å². The molecule has 0 bridgehead atoms. The van der Waals surface area contributed by atoms with Gasteiger partial charge in [0.1, 0.15) is 5.69 Å². The molecule has 0 saturated heterocycles. The molecule has 6 nitrogen and oxygen atoms in total. The number of alkyl halides is 3. The number of halogens is 3. The smallest absolute Gasteiger partial charge is 0.433 e. The number of nitrogens with one attached hydrogen (secondary N) is 1. The van der Waals surface area contributed by atoms with Crippen molar-refractivity contribution in [2.24, 2.45) is 0 Å². The highest BCUT2D eigenvalue weighted by Gasteiger charge is 2.32. The number of aromatic nitrogens is 1. The van der Waals surface area contributed by atoms with Gasteiger partial charge in [0.05, 0.1) is 5.56 Å². The number of carboxylic acids is 1. The normalized spacial score (nSPS) is 12.8. The number of carbonyl (C=O) groups is 2. The second kappa shape index (κ2) is 6.33. The van der Waals surface area contributed by atoms with Crippen LogP contribution in [0.1, 0.15) is 22.5 Å². The molecule has 110 valence electrons. The molecule has 0 spiro atoms. The lowest BCUT2D eigenvalue weighted by molar-refractivity contribution is -0.146. The van der Waals surface area contributed by atoms with E-state index in [2.05, 4.69) is 10.3 Å². The fourth-order valence-electron chi connectivity index (χ4n) is 1.24. The van der Waals surface area contributed by atoms with E-state index in [1.54, 1.807) is 0 Å². The molecule has 0 aliphatic rings. The molecule has 0 saturated carbocycles. The maximum absolute atomic E-state index is 12.2. The van der Waals surface area contributed by atoms with E-state index in [1.807, 2.05) is 0 Å². The molecule has 0 unspecified atom stereocenters. The van der Waals surface area contributed by atoms with Crippen molar-refractivity contribution in [2.45, 2.75) is 18.7 Å². The Morgan fingerprint density at radius 1 is 1.35 bits per heavy atom. The van der Waals surface area contributed by atoms with Gasteiger partial charge in [-0.05, 0) is 12.1 Å². The molecular formula is C11H11F3N2O4. The summed E-state index contributed by atoms with van der Waals surface area (Å²) in [6.07, 6.45) is -5.64. The van der Waals surface area contributed by atoms with Gasteiger partial charge in [0.25, 0.3) is 5.91 Å². The van der Waals surface area contributed by atoms with E-state index in [1.165, 1.54) is 0 Å². The summed E-state index contributed by atoms with van der Waals surface area (Å²) in [5, 5.41) is 19.6. The minimum atomic E-state index is -4.58. The first-order chi connectivity index (χ1) is 9.21. The van der Waals surface area contributed by atoms with Crippen LogP contribution in [0.4, 0.5) is 13.2 Å². The summed E-state index contributed by atoms with van der Waals surface area (Å²) in [7, 11) is 0. The molecule has 1 rings (SSSR count). The first-order valence-electron chi connectivity index (χ1n) is 5.44. The van der Waals surface area contributed by atoms with E-state index in [4.69, 9.17) is 10.2 Å². The van der Waals surface area contributed by atoms with Crippen LogP contribution in [0, 0.1) is 0 Å². The zero-order valence-electron chi connectivity index (χ0n) is 10.0. The third kappa shape index (κ3) is 4.50. The fourth-order valence-corrected chi connectivity index (χ4v) is 1.24. The van der Waals surface area contributed by atoms with Crippen LogP contribution in [-0.4, -0.2) is 39.7 Å². The van der Waals surface area contributed by atoms with Gasteiger partial charge in [-0.3, -0.25) is 9.78 Å². The number of rotatable bonds is 5. The highest BCUT2D eigenvalue weighted by molar-refractivity contribution is 5.93. The van der Waals surface area contributed by atoms with Crippen LogP contribution in [0.5, 0.6) is 0 Å². The van der Waals surface area contributed by atoms with Crippen molar-refractivity contribution >= 4 is 11.9 Å². The zero-order chi connectivity index (χ0) is 15.3. The number of aliphatic hydroxyl groups excluding tert-OH is 1. The molecule has 1 aromatic rings. The van der Waals surface area contributed by atoms with Crippen LogP contribution in [0.25, 0.3) is 0 Å². The monoisotopic (exact) mass is 292 g/mol. The SMILES string of the molecule is O=C(NCC[C@H](O)C(=O)O)c1ccc(C(F)(F)F)nc1. The molecule has 1 heterocycles. The van der Waals surface area contributed by atoms with Crippen molar-refractivity contribution in [1.29, 1.82) is 0 Å². The number of aliphatic hydroxyl groups is 1. The molecule has 1 atom stereocenters. The Bertz CT molecular complexity index is 487. The third-order valence-corrected chi connectivity index (χ3v) is 2.30. The molecule has 20 heavy (non-hydrogen) atoms. The predicted octanol–water partition coefficient (Wildman–Crippen LogP) is 0.666. The molecule has 0 aliphatic carbocycles. The lowest BCUT2D eigenvalue weighted by Gasteiger charge is -2.08. The Morgan fingerprint density at radius 3 is 2.45 bits per heavy atom. The second-order valence-corrected chi connectivity index (χ2v) is 3.83. The van der Waals surface area contributed by atoms with E-state index >= 15 is 0 Å². The Balaban J connectivity index is 2.54. The summed E-state index contributed by atoms with van der Waals surface area (Å²) in [6.45, 7) is -0.132. The molecule has 1 aromatic heterocycles. The van der Waals surface area contributed by atoms with Gasteiger partial charge in [0.15, 0.2) is 6.10 Å². The van der Waals surface area contributed by atoms with Gasteiger partial charge >= 0.3 is 12.1 Å². The van der Waals surface area contributed by atoms with Gasteiger partial charge in [-0.15, -0.1) is 0 Å². The predicted molar refractivity (Wildman–Crippen MR) is 59.8 cm³/mol. The Labute approximate surface area is 111 Å². The number of hydrogen-bond donors (Lipinski definition) is 3. The number of aliphatic carboxylic acids is 1. The van der Waals surface area contributed by atoms with Crippen molar-refractivity contribution < 1.29 is 33.0 Å². The number of nitrogens with zero attached hydrogens (tertiary/aromatic N) is 1. The maximum atomic E-state index is 12.2. The van der Waals surface area contributed by atoms with Crippen LogP contribution in [0.3, 0.4) is 0 Å². The Hall–Kier alpha value is -2.16. The number of hydrogen-bond acceptors (Lipinski definition) is 4. The summed E-state index contributed by atoms with van der Waals surface area (Å²) in [5.41, 5.74) is -1.21. The minimum Gasteiger partial charge on any atom is -0.479 e. The molecule has 0 aromatic carbocycles. The van der Waals surface area contributed by atoms with Crippen LogP contribution >= 0.6 is 0 Å². The van der Waals surface area contributed by atoms with Gasteiger partial charge < -0.3 is 15.5 Å². The number of carboxylic acid groups (broad SMARTS) is 1. The summed E-state index contributed by atoms with van der Waals surface area (Å²) in [4.78, 5) is 24.9. The number of carbonyl (C=O) groups excluding carboxylic acids is 1. The van der Waals surface area contributed by atoms with E-state index < -0.39 is 29.9 Å². The highest BCUT2D eigenvalue weighted by Crippen LogP contribution is 2.27. The van der Waals surface area contributed by atoms with E-state index in [0.29, 0.717) is 6.07 Å². The molecule has 0 radical (unpaired) electrons. The lowest BCUT2D eigenvalue weighted by atomic mass is 10.2. The third-order valence-electron chi connectivity index (χ3n) is 2.30. The van der Waals surface area contributed by atoms with Crippen molar-refractivity contribution in [2.75, 3.05) is 6.54 Å². The highest BCUT2D eigenvalue weighted by atomic mass is 19.4.